The van der Waals surface area contributed by atoms with Gasteiger partial charge in [0.25, 0.3) is 0 Å². The summed E-state index contributed by atoms with van der Waals surface area (Å²) in [4.78, 5) is 14.4. The summed E-state index contributed by atoms with van der Waals surface area (Å²) in [5, 5.41) is 26.8. The highest BCUT2D eigenvalue weighted by atomic mass is 16.4. The largest absolute Gasteiger partial charge is 0.504 e. The molecule has 3 N–H and O–H groups in total. The molecular formula is C13H17NO4. The lowest BCUT2D eigenvalue weighted by Gasteiger charge is -1.98. The summed E-state index contributed by atoms with van der Waals surface area (Å²) in [5.74, 6) is -1.08. The Hall–Kier alpha value is -2.04. The van der Waals surface area contributed by atoms with E-state index in [4.69, 9.17) is 10.2 Å². The normalized spacial score (nSPS) is 10.9. The quantitative estimate of drug-likeness (QED) is 0.393. The van der Waals surface area contributed by atoms with Crippen molar-refractivity contribution >= 4 is 12.2 Å². The molecule has 5 nitrogen and oxygen atoms in total. The van der Waals surface area contributed by atoms with Gasteiger partial charge in [-0.1, -0.05) is 6.42 Å². The third kappa shape index (κ3) is 5.34. The first-order valence-electron chi connectivity index (χ1n) is 5.83. The molecule has 0 atom stereocenters. The molecule has 0 radical (unpaired) electrons. The Morgan fingerprint density at radius 2 is 1.94 bits per heavy atom. The van der Waals surface area contributed by atoms with Crippen LogP contribution in [0.25, 0.3) is 0 Å². The topological polar surface area (TPSA) is 90.1 Å². The van der Waals surface area contributed by atoms with Crippen molar-refractivity contribution in [2.24, 2.45) is 4.99 Å². The Labute approximate surface area is 105 Å². The average molecular weight is 251 g/mol. The van der Waals surface area contributed by atoms with E-state index in [0.29, 0.717) is 13.0 Å². The second-order valence-electron chi connectivity index (χ2n) is 3.99. The molecular weight excluding hydrogens is 234 g/mol. The van der Waals surface area contributed by atoms with Crippen LogP contribution in [0.3, 0.4) is 0 Å². The fourth-order valence-electron chi connectivity index (χ4n) is 1.45. The summed E-state index contributed by atoms with van der Waals surface area (Å²) >= 11 is 0. The summed E-state index contributed by atoms with van der Waals surface area (Å²) < 4.78 is 0. The number of phenolic OH excluding ortho intramolecular Hbond substituents is 2. The van der Waals surface area contributed by atoms with Crippen LogP contribution in [0.2, 0.25) is 0 Å². The van der Waals surface area contributed by atoms with Crippen molar-refractivity contribution in [2.45, 2.75) is 25.7 Å². The molecule has 0 bridgehead atoms. The molecule has 0 amide bonds. The molecule has 1 aromatic carbocycles. The molecule has 0 aliphatic carbocycles. The van der Waals surface area contributed by atoms with Gasteiger partial charge in [0, 0.05) is 19.2 Å². The van der Waals surface area contributed by atoms with Gasteiger partial charge in [-0.2, -0.15) is 0 Å². The number of unbranched alkanes of at least 4 members (excludes halogenated alkanes) is 2. The third-order valence-corrected chi connectivity index (χ3v) is 2.42. The van der Waals surface area contributed by atoms with Gasteiger partial charge in [0.1, 0.15) is 0 Å². The van der Waals surface area contributed by atoms with E-state index in [0.717, 1.165) is 18.4 Å². The van der Waals surface area contributed by atoms with E-state index in [1.807, 2.05) is 0 Å². The van der Waals surface area contributed by atoms with Gasteiger partial charge in [-0.25, -0.2) is 0 Å². The SMILES string of the molecule is O=C(O)CCCCCN=Cc1ccc(O)c(O)c1. The number of nitrogens with zero attached hydrogens (tertiary/aromatic N) is 1. The predicted molar refractivity (Wildman–Crippen MR) is 68.3 cm³/mol. The highest BCUT2D eigenvalue weighted by molar-refractivity contribution is 5.80. The molecule has 0 aliphatic heterocycles. The van der Waals surface area contributed by atoms with Crippen molar-refractivity contribution in [3.63, 3.8) is 0 Å². The number of aliphatic carboxylic acids is 1. The molecule has 18 heavy (non-hydrogen) atoms. The number of hydrogen-bond acceptors (Lipinski definition) is 4. The minimum atomic E-state index is -0.766. The van der Waals surface area contributed by atoms with E-state index in [1.54, 1.807) is 12.3 Å². The van der Waals surface area contributed by atoms with Gasteiger partial charge in [0.2, 0.25) is 0 Å². The second kappa shape index (κ2) is 7.32. The first-order valence-corrected chi connectivity index (χ1v) is 5.83. The summed E-state index contributed by atoms with van der Waals surface area (Å²) in [6, 6.07) is 4.50. The van der Waals surface area contributed by atoms with Gasteiger partial charge in [-0.15, -0.1) is 0 Å². The van der Waals surface area contributed by atoms with Crippen LogP contribution < -0.4 is 0 Å². The summed E-state index contributed by atoms with van der Waals surface area (Å²) in [7, 11) is 0. The van der Waals surface area contributed by atoms with Gasteiger partial charge in [0.15, 0.2) is 11.5 Å². The van der Waals surface area contributed by atoms with Crippen LogP contribution in [0, 0.1) is 0 Å². The molecule has 0 saturated carbocycles. The fraction of sp³-hybridized carbons (Fsp3) is 0.385. The van der Waals surface area contributed by atoms with Crippen LogP contribution in [0.1, 0.15) is 31.2 Å². The summed E-state index contributed by atoms with van der Waals surface area (Å²) in [6.45, 7) is 0.626. The molecule has 1 aromatic rings. The van der Waals surface area contributed by atoms with Crippen molar-refractivity contribution in [2.75, 3.05) is 6.54 Å². The Balaban J connectivity index is 2.24. The van der Waals surface area contributed by atoms with Crippen molar-refractivity contribution < 1.29 is 20.1 Å². The molecule has 0 fully saturated rings. The zero-order valence-electron chi connectivity index (χ0n) is 10.0. The van der Waals surface area contributed by atoms with E-state index in [-0.39, 0.29) is 17.9 Å². The number of phenols is 2. The van der Waals surface area contributed by atoms with Gasteiger partial charge >= 0.3 is 5.97 Å². The Bertz CT molecular complexity index is 429. The summed E-state index contributed by atoms with van der Waals surface area (Å²) in [6.07, 6.45) is 4.18. The minimum Gasteiger partial charge on any atom is -0.504 e. The van der Waals surface area contributed by atoms with Crippen LogP contribution >= 0.6 is 0 Å². The predicted octanol–water partition coefficient (Wildman–Crippen LogP) is 2.16. The Kier molecular flexibility index (Phi) is 5.70. The number of benzene rings is 1. The Morgan fingerprint density at radius 1 is 1.17 bits per heavy atom. The average Bonchev–Trinajstić information content (AvgIpc) is 2.32. The van der Waals surface area contributed by atoms with Crippen LogP contribution in [0.5, 0.6) is 11.5 Å². The fourth-order valence-corrected chi connectivity index (χ4v) is 1.45. The lowest BCUT2D eigenvalue weighted by atomic mass is 10.2. The monoisotopic (exact) mass is 251 g/mol. The number of carboxylic acid groups (broad SMARTS) is 1. The Morgan fingerprint density at radius 3 is 2.61 bits per heavy atom. The number of rotatable bonds is 7. The molecule has 0 heterocycles. The van der Waals surface area contributed by atoms with Crippen LogP contribution in [-0.4, -0.2) is 34.0 Å². The van der Waals surface area contributed by atoms with Crippen LogP contribution in [0.4, 0.5) is 0 Å². The highest BCUT2D eigenvalue weighted by Gasteiger charge is 1.98. The lowest BCUT2D eigenvalue weighted by molar-refractivity contribution is -0.137. The standard InChI is InChI=1S/C13H17NO4/c15-11-6-5-10(8-12(11)16)9-14-7-3-1-2-4-13(17)18/h5-6,8-9,15-16H,1-4,7H2,(H,17,18). The van der Waals surface area contributed by atoms with Gasteiger partial charge in [0.05, 0.1) is 0 Å². The molecule has 1 rings (SSSR count). The van der Waals surface area contributed by atoms with Gasteiger partial charge in [-0.3, -0.25) is 9.79 Å². The molecule has 0 unspecified atom stereocenters. The van der Waals surface area contributed by atoms with Crippen molar-refractivity contribution in [1.82, 2.24) is 0 Å². The molecule has 0 saturated heterocycles. The van der Waals surface area contributed by atoms with Gasteiger partial charge < -0.3 is 15.3 Å². The van der Waals surface area contributed by atoms with Crippen LogP contribution in [0.15, 0.2) is 23.2 Å². The maximum atomic E-state index is 10.3. The highest BCUT2D eigenvalue weighted by Crippen LogP contribution is 2.23. The zero-order valence-corrected chi connectivity index (χ0v) is 10.0. The van der Waals surface area contributed by atoms with E-state index in [1.165, 1.54) is 12.1 Å². The number of aromatic hydroxyl groups is 2. The van der Waals surface area contributed by atoms with E-state index in [9.17, 15) is 9.90 Å². The van der Waals surface area contributed by atoms with Crippen LogP contribution in [-0.2, 0) is 4.79 Å². The molecule has 0 spiro atoms. The first-order chi connectivity index (χ1) is 8.59. The minimum absolute atomic E-state index is 0.152. The molecule has 5 heteroatoms. The van der Waals surface area contributed by atoms with E-state index < -0.39 is 5.97 Å². The number of carbonyl (C=O) groups is 1. The number of carboxylic acids is 1. The maximum absolute atomic E-state index is 10.3. The smallest absolute Gasteiger partial charge is 0.303 e. The van der Waals surface area contributed by atoms with E-state index >= 15 is 0 Å². The lowest BCUT2D eigenvalue weighted by Crippen LogP contribution is -1.94. The number of hydrogen-bond donors (Lipinski definition) is 3. The van der Waals surface area contributed by atoms with Gasteiger partial charge in [-0.05, 0) is 36.6 Å². The zero-order chi connectivity index (χ0) is 13.4. The molecule has 0 aromatic heterocycles. The van der Waals surface area contributed by atoms with Crippen molar-refractivity contribution in [1.29, 1.82) is 0 Å². The molecule has 0 aliphatic rings. The van der Waals surface area contributed by atoms with Crippen molar-refractivity contribution in [3.05, 3.63) is 23.8 Å². The second-order valence-corrected chi connectivity index (χ2v) is 3.99. The third-order valence-electron chi connectivity index (χ3n) is 2.42. The summed E-state index contributed by atoms with van der Waals surface area (Å²) in [5.41, 5.74) is 0.718. The van der Waals surface area contributed by atoms with Crippen molar-refractivity contribution in [3.8, 4) is 11.5 Å². The van der Waals surface area contributed by atoms with E-state index in [2.05, 4.69) is 4.99 Å². The first kappa shape index (κ1) is 14.0. The molecule has 98 valence electrons. The maximum Gasteiger partial charge on any atom is 0.303 e. The number of aliphatic imine (C=N–C) groups is 1.